The van der Waals surface area contributed by atoms with Crippen molar-refractivity contribution in [3.8, 4) is 0 Å². The third kappa shape index (κ3) is 1.57. The number of carbonyl (C=O) groups is 2. The van der Waals surface area contributed by atoms with Crippen molar-refractivity contribution in [2.75, 3.05) is 0 Å². The zero-order chi connectivity index (χ0) is 9.35. The summed E-state index contributed by atoms with van der Waals surface area (Å²) in [5.41, 5.74) is 0.0259. The first kappa shape index (κ1) is 9.43. The van der Waals surface area contributed by atoms with Gasteiger partial charge in [0.1, 0.15) is 12.1 Å². The van der Waals surface area contributed by atoms with E-state index in [-0.39, 0.29) is 23.0 Å². The first-order valence-electron chi connectivity index (χ1n) is 4.43. The van der Waals surface area contributed by atoms with Gasteiger partial charge in [0.15, 0.2) is 0 Å². The lowest BCUT2D eigenvalue weighted by atomic mass is 9.83. The van der Waals surface area contributed by atoms with E-state index in [1.54, 1.807) is 6.92 Å². The fourth-order valence-electron chi connectivity index (χ4n) is 2.04. The Morgan fingerprint density at radius 2 is 2.08 bits per heavy atom. The lowest BCUT2D eigenvalue weighted by molar-refractivity contribution is -0.120. The average molecular weight is 168 g/mol. The van der Waals surface area contributed by atoms with Crippen LogP contribution in [-0.4, -0.2) is 12.1 Å². The van der Waals surface area contributed by atoms with Crippen LogP contribution in [-0.2, 0) is 9.59 Å². The van der Waals surface area contributed by atoms with Crippen LogP contribution in [0, 0.1) is 17.3 Å². The predicted octanol–water partition coefficient (Wildman–Crippen LogP) is 1.83. The molecule has 12 heavy (non-hydrogen) atoms. The number of rotatable bonds is 2. The van der Waals surface area contributed by atoms with Gasteiger partial charge < -0.3 is 4.79 Å². The van der Waals surface area contributed by atoms with Crippen LogP contribution in [0.5, 0.6) is 0 Å². The second kappa shape index (κ2) is 3.00. The Balaban J connectivity index is 2.72. The molecule has 0 radical (unpaired) electrons. The molecule has 2 unspecified atom stereocenters. The van der Waals surface area contributed by atoms with Gasteiger partial charge in [-0.3, -0.25) is 4.79 Å². The van der Waals surface area contributed by atoms with Gasteiger partial charge in [-0.1, -0.05) is 13.8 Å². The van der Waals surface area contributed by atoms with Crippen LogP contribution < -0.4 is 0 Å². The Bertz CT molecular complexity index is 206. The summed E-state index contributed by atoms with van der Waals surface area (Å²) in [6.07, 6.45) is 2.63. The van der Waals surface area contributed by atoms with Gasteiger partial charge in [-0.25, -0.2) is 0 Å². The van der Waals surface area contributed by atoms with Crippen molar-refractivity contribution in [3.63, 3.8) is 0 Å². The van der Waals surface area contributed by atoms with Crippen LogP contribution in [0.3, 0.4) is 0 Å². The van der Waals surface area contributed by atoms with E-state index < -0.39 is 0 Å². The van der Waals surface area contributed by atoms with Crippen molar-refractivity contribution >= 4 is 12.1 Å². The predicted molar refractivity (Wildman–Crippen MR) is 46.7 cm³/mol. The normalized spacial score (nSPS) is 33.2. The highest BCUT2D eigenvalue weighted by molar-refractivity contribution is 5.79. The first-order chi connectivity index (χ1) is 5.47. The largest absolute Gasteiger partial charge is 0.303 e. The lowest BCUT2D eigenvalue weighted by Crippen LogP contribution is -2.18. The zero-order valence-corrected chi connectivity index (χ0v) is 7.96. The standard InChI is InChI=1S/C10H16O2/c1-7(12)8-4-9(6-11)10(2,3)5-8/h6,8-9H,4-5H2,1-3H3. The maximum atomic E-state index is 11.1. The van der Waals surface area contributed by atoms with E-state index in [0.29, 0.717) is 0 Å². The molecule has 1 fully saturated rings. The lowest BCUT2D eigenvalue weighted by Gasteiger charge is -2.21. The molecule has 0 aliphatic heterocycles. The maximum Gasteiger partial charge on any atom is 0.132 e. The Labute approximate surface area is 73.3 Å². The van der Waals surface area contributed by atoms with Gasteiger partial charge in [0.05, 0.1) is 0 Å². The van der Waals surface area contributed by atoms with E-state index in [2.05, 4.69) is 13.8 Å². The van der Waals surface area contributed by atoms with Crippen LogP contribution in [0.4, 0.5) is 0 Å². The summed E-state index contributed by atoms with van der Waals surface area (Å²) in [5.74, 6) is 0.425. The van der Waals surface area contributed by atoms with Gasteiger partial charge >= 0.3 is 0 Å². The second-order valence-corrected chi connectivity index (χ2v) is 4.48. The third-order valence-corrected chi connectivity index (χ3v) is 3.05. The molecular formula is C10H16O2. The molecule has 2 nitrogen and oxygen atoms in total. The highest BCUT2D eigenvalue weighted by Gasteiger charge is 2.41. The van der Waals surface area contributed by atoms with Gasteiger partial charge in [0, 0.05) is 11.8 Å². The fraction of sp³-hybridized carbons (Fsp3) is 0.800. The molecule has 1 saturated carbocycles. The number of ketones is 1. The van der Waals surface area contributed by atoms with Gasteiger partial charge in [0.2, 0.25) is 0 Å². The second-order valence-electron chi connectivity index (χ2n) is 4.48. The van der Waals surface area contributed by atoms with Crippen LogP contribution in [0.25, 0.3) is 0 Å². The molecule has 68 valence electrons. The highest BCUT2D eigenvalue weighted by atomic mass is 16.1. The van der Waals surface area contributed by atoms with E-state index in [4.69, 9.17) is 0 Å². The molecule has 2 atom stereocenters. The van der Waals surface area contributed by atoms with E-state index in [0.717, 1.165) is 19.1 Å². The molecule has 0 aromatic heterocycles. The smallest absolute Gasteiger partial charge is 0.132 e. The van der Waals surface area contributed by atoms with Crippen LogP contribution in [0.1, 0.15) is 33.6 Å². The summed E-state index contributed by atoms with van der Waals surface area (Å²) in [5, 5.41) is 0. The molecule has 2 heteroatoms. The van der Waals surface area contributed by atoms with Gasteiger partial charge in [-0.2, -0.15) is 0 Å². The number of hydrogen-bond acceptors (Lipinski definition) is 2. The molecule has 1 aliphatic carbocycles. The van der Waals surface area contributed by atoms with E-state index in [1.807, 2.05) is 0 Å². The summed E-state index contributed by atoms with van der Waals surface area (Å²) in [4.78, 5) is 21.8. The quantitative estimate of drug-likeness (QED) is 0.589. The molecule has 0 spiro atoms. The Morgan fingerprint density at radius 1 is 1.50 bits per heavy atom. The number of hydrogen-bond donors (Lipinski definition) is 0. The zero-order valence-electron chi connectivity index (χ0n) is 7.96. The monoisotopic (exact) mass is 168 g/mol. The first-order valence-corrected chi connectivity index (χ1v) is 4.43. The molecule has 0 amide bonds. The summed E-state index contributed by atoms with van der Waals surface area (Å²) in [7, 11) is 0. The third-order valence-electron chi connectivity index (χ3n) is 3.05. The molecular weight excluding hydrogens is 152 g/mol. The van der Waals surface area contributed by atoms with Gasteiger partial charge in [-0.15, -0.1) is 0 Å². The molecule has 1 aliphatic rings. The SMILES string of the molecule is CC(=O)C1CC(C=O)C(C)(C)C1. The van der Waals surface area contributed by atoms with E-state index >= 15 is 0 Å². The highest BCUT2D eigenvalue weighted by Crippen LogP contribution is 2.45. The minimum absolute atomic E-state index is 0.0259. The summed E-state index contributed by atoms with van der Waals surface area (Å²) in [6, 6.07) is 0. The fourth-order valence-corrected chi connectivity index (χ4v) is 2.04. The minimum Gasteiger partial charge on any atom is -0.303 e. The number of carbonyl (C=O) groups excluding carboxylic acids is 2. The molecule has 0 bridgehead atoms. The topological polar surface area (TPSA) is 34.1 Å². The van der Waals surface area contributed by atoms with Crippen LogP contribution >= 0.6 is 0 Å². The van der Waals surface area contributed by atoms with Crippen molar-refractivity contribution in [1.82, 2.24) is 0 Å². The molecule has 0 aromatic carbocycles. The maximum absolute atomic E-state index is 11.1. The molecule has 0 heterocycles. The number of aldehydes is 1. The average Bonchev–Trinajstić information content (AvgIpc) is 2.25. The minimum atomic E-state index is 0.0259. The van der Waals surface area contributed by atoms with Crippen molar-refractivity contribution in [3.05, 3.63) is 0 Å². The summed E-state index contributed by atoms with van der Waals surface area (Å²) in [6.45, 7) is 5.75. The molecule has 1 rings (SSSR count). The van der Waals surface area contributed by atoms with Crippen molar-refractivity contribution in [1.29, 1.82) is 0 Å². The number of Topliss-reactive ketones (excluding diaryl/α,β-unsaturated/α-hetero) is 1. The van der Waals surface area contributed by atoms with Gasteiger partial charge in [-0.05, 0) is 25.2 Å². The summed E-state index contributed by atoms with van der Waals surface area (Å²) >= 11 is 0. The molecule has 0 aromatic rings. The van der Waals surface area contributed by atoms with Crippen molar-refractivity contribution in [2.24, 2.45) is 17.3 Å². The van der Waals surface area contributed by atoms with Crippen molar-refractivity contribution < 1.29 is 9.59 Å². The van der Waals surface area contributed by atoms with E-state index in [9.17, 15) is 9.59 Å². The van der Waals surface area contributed by atoms with Crippen LogP contribution in [0.15, 0.2) is 0 Å². The Kier molecular flexibility index (Phi) is 2.36. The van der Waals surface area contributed by atoms with Gasteiger partial charge in [0.25, 0.3) is 0 Å². The Hall–Kier alpha value is -0.660. The molecule has 0 N–H and O–H groups in total. The van der Waals surface area contributed by atoms with Crippen LogP contribution in [0.2, 0.25) is 0 Å². The summed E-state index contributed by atoms with van der Waals surface area (Å²) < 4.78 is 0. The Morgan fingerprint density at radius 3 is 2.33 bits per heavy atom. The van der Waals surface area contributed by atoms with E-state index in [1.165, 1.54) is 0 Å². The molecule has 0 saturated heterocycles. The van der Waals surface area contributed by atoms with Crippen molar-refractivity contribution in [2.45, 2.75) is 33.6 Å².